The van der Waals surface area contributed by atoms with Crippen LogP contribution in [0.5, 0.6) is 0 Å². The van der Waals surface area contributed by atoms with E-state index in [1.807, 2.05) is 27.7 Å². The number of nitrogens with zero attached hydrogens (tertiary/aromatic N) is 2. The maximum absolute atomic E-state index is 12.2. The molecule has 0 saturated carbocycles. The molecule has 0 amide bonds. The summed E-state index contributed by atoms with van der Waals surface area (Å²) < 4.78 is 27.3. The van der Waals surface area contributed by atoms with E-state index in [0.29, 0.717) is 26.1 Å². The van der Waals surface area contributed by atoms with Crippen LogP contribution >= 0.6 is 0 Å². The fraction of sp³-hybridized carbons (Fsp3) is 1.00. The number of aliphatic hydroxyl groups excluding tert-OH is 1. The molecule has 1 N–H and O–H groups in total. The standard InChI is InChI=1S/C10H24N2O3S/c1-5-11(6-2)16(14,15)12(10(3)4)8-7-9-13/h10,13H,5-9H2,1-4H3. The molecule has 0 aromatic carbocycles. The van der Waals surface area contributed by atoms with Gasteiger partial charge in [0.15, 0.2) is 0 Å². The van der Waals surface area contributed by atoms with E-state index in [9.17, 15) is 8.42 Å². The topological polar surface area (TPSA) is 60.9 Å². The Kier molecular flexibility index (Phi) is 7.14. The van der Waals surface area contributed by atoms with Gasteiger partial charge in [-0.15, -0.1) is 0 Å². The Morgan fingerprint density at radius 3 is 2.00 bits per heavy atom. The first-order valence-electron chi connectivity index (χ1n) is 5.79. The highest BCUT2D eigenvalue weighted by Gasteiger charge is 2.29. The quantitative estimate of drug-likeness (QED) is 0.690. The summed E-state index contributed by atoms with van der Waals surface area (Å²) in [5.74, 6) is 0. The second-order valence-electron chi connectivity index (χ2n) is 3.87. The predicted octanol–water partition coefficient (Wildman–Crippen LogP) is 0.666. The first kappa shape index (κ1) is 15.8. The van der Waals surface area contributed by atoms with E-state index >= 15 is 0 Å². The normalized spacial score (nSPS) is 13.0. The van der Waals surface area contributed by atoms with Gasteiger partial charge in [0, 0.05) is 32.3 Å². The molecule has 6 heteroatoms. The Balaban J connectivity index is 4.88. The minimum absolute atomic E-state index is 0.0109. The van der Waals surface area contributed by atoms with E-state index in [4.69, 9.17) is 5.11 Å². The van der Waals surface area contributed by atoms with E-state index in [2.05, 4.69) is 0 Å². The van der Waals surface area contributed by atoms with E-state index in [-0.39, 0.29) is 12.6 Å². The third-order valence-electron chi connectivity index (χ3n) is 2.44. The summed E-state index contributed by atoms with van der Waals surface area (Å²) >= 11 is 0. The van der Waals surface area contributed by atoms with Crippen LogP contribution < -0.4 is 0 Å². The van der Waals surface area contributed by atoms with Crippen LogP contribution in [-0.4, -0.2) is 54.4 Å². The van der Waals surface area contributed by atoms with Gasteiger partial charge in [-0.2, -0.15) is 17.0 Å². The molecule has 0 heterocycles. The van der Waals surface area contributed by atoms with Crippen LogP contribution in [0.4, 0.5) is 0 Å². The monoisotopic (exact) mass is 252 g/mol. The molecule has 0 aromatic heterocycles. The lowest BCUT2D eigenvalue weighted by Gasteiger charge is -2.31. The third-order valence-corrected chi connectivity index (χ3v) is 4.81. The molecule has 0 atom stereocenters. The Hall–Kier alpha value is -0.170. The largest absolute Gasteiger partial charge is 0.396 e. The summed E-state index contributed by atoms with van der Waals surface area (Å²) in [5.41, 5.74) is 0. The molecule has 0 radical (unpaired) electrons. The summed E-state index contributed by atoms with van der Waals surface area (Å²) in [6, 6.07) is -0.0860. The molecule has 0 fully saturated rings. The van der Waals surface area contributed by atoms with Crippen LogP contribution in [0.25, 0.3) is 0 Å². The first-order chi connectivity index (χ1) is 7.41. The van der Waals surface area contributed by atoms with Crippen molar-refractivity contribution in [2.24, 2.45) is 0 Å². The number of hydrogen-bond donors (Lipinski definition) is 1. The van der Waals surface area contributed by atoms with Crippen molar-refractivity contribution in [3.8, 4) is 0 Å². The fourth-order valence-corrected chi connectivity index (χ4v) is 3.41. The van der Waals surface area contributed by atoms with Gasteiger partial charge in [-0.05, 0) is 20.3 Å². The van der Waals surface area contributed by atoms with Crippen molar-refractivity contribution >= 4 is 10.2 Å². The molecule has 0 aliphatic carbocycles. The predicted molar refractivity (Wildman–Crippen MR) is 65.4 cm³/mol. The average molecular weight is 252 g/mol. The van der Waals surface area contributed by atoms with Crippen LogP contribution in [-0.2, 0) is 10.2 Å². The summed E-state index contributed by atoms with van der Waals surface area (Å²) in [4.78, 5) is 0. The molecule has 0 bridgehead atoms. The van der Waals surface area contributed by atoms with Crippen molar-refractivity contribution in [3.05, 3.63) is 0 Å². The Morgan fingerprint density at radius 1 is 1.19 bits per heavy atom. The van der Waals surface area contributed by atoms with Crippen LogP contribution in [0.15, 0.2) is 0 Å². The Labute approximate surface area is 99.2 Å². The van der Waals surface area contributed by atoms with Gasteiger partial charge >= 0.3 is 0 Å². The van der Waals surface area contributed by atoms with Crippen LogP contribution in [0, 0.1) is 0 Å². The minimum Gasteiger partial charge on any atom is -0.396 e. The minimum atomic E-state index is -3.38. The van der Waals surface area contributed by atoms with Crippen molar-refractivity contribution in [2.75, 3.05) is 26.2 Å². The van der Waals surface area contributed by atoms with Gasteiger partial charge in [-0.3, -0.25) is 0 Å². The molecule has 0 unspecified atom stereocenters. The highest BCUT2D eigenvalue weighted by molar-refractivity contribution is 7.86. The zero-order valence-electron chi connectivity index (χ0n) is 10.7. The van der Waals surface area contributed by atoms with Crippen molar-refractivity contribution in [2.45, 2.75) is 40.2 Å². The molecule has 5 nitrogen and oxygen atoms in total. The first-order valence-corrected chi connectivity index (χ1v) is 7.19. The van der Waals surface area contributed by atoms with Gasteiger partial charge < -0.3 is 5.11 Å². The summed E-state index contributed by atoms with van der Waals surface area (Å²) in [7, 11) is -3.38. The number of aliphatic hydroxyl groups is 1. The summed E-state index contributed by atoms with van der Waals surface area (Å²) in [6.07, 6.45) is 0.471. The van der Waals surface area contributed by atoms with Gasteiger partial charge in [-0.25, -0.2) is 0 Å². The van der Waals surface area contributed by atoms with Crippen molar-refractivity contribution in [1.82, 2.24) is 8.61 Å². The highest BCUT2D eigenvalue weighted by Crippen LogP contribution is 2.12. The zero-order valence-corrected chi connectivity index (χ0v) is 11.5. The molecule has 0 rings (SSSR count). The van der Waals surface area contributed by atoms with Gasteiger partial charge in [0.05, 0.1) is 0 Å². The summed E-state index contributed by atoms with van der Waals surface area (Å²) in [5, 5.41) is 8.78. The van der Waals surface area contributed by atoms with Gasteiger partial charge in [-0.1, -0.05) is 13.8 Å². The van der Waals surface area contributed by atoms with Crippen LogP contribution in [0.2, 0.25) is 0 Å². The van der Waals surface area contributed by atoms with Crippen molar-refractivity contribution in [1.29, 1.82) is 0 Å². The SMILES string of the molecule is CCN(CC)S(=O)(=O)N(CCCO)C(C)C. The van der Waals surface area contributed by atoms with Gasteiger partial charge in [0.2, 0.25) is 0 Å². The van der Waals surface area contributed by atoms with E-state index in [1.165, 1.54) is 8.61 Å². The molecule has 0 aliphatic rings. The molecular weight excluding hydrogens is 228 g/mol. The van der Waals surface area contributed by atoms with Gasteiger partial charge in [0.25, 0.3) is 10.2 Å². The van der Waals surface area contributed by atoms with Crippen molar-refractivity contribution in [3.63, 3.8) is 0 Å². The third kappa shape index (κ3) is 4.01. The fourth-order valence-electron chi connectivity index (χ4n) is 1.56. The lowest BCUT2D eigenvalue weighted by atomic mass is 10.3. The number of hydrogen-bond acceptors (Lipinski definition) is 3. The van der Waals surface area contributed by atoms with E-state index in [1.54, 1.807) is 0 Å². The van der Waals surface area contributed by atoms with E-state index in [0.717, 1.165) is 0 Å². The lowest BCUT2D eigenvalue weighted by molar-refractivity contribution is 0.250. The summed E-state index contributed by atoms with van der Waals surface area (Å²) in [6.45, 7) is 8.67. The van der Waals surface area contributed by atoms with Crippen LogP contribution in [0.3, 0.4) is 0 Å². The number of rotatable bonds is 8. The molecule has 0 saturated heterocycles. The molecule has 0 aliphatic heterocycles. The lowest BCUT2D eigenvalue weighted by Crippen LogP contribution is -2.47. The molecule has 0 aromatic rings. The Morgan fingerprint density at radius 2 is 1.69 bits per heavy atom. The molecular formula is C10H24N2O3S. The Bertz CT molecular complexity index is 274. The molecule has 98 valence electrons. The second kappa shape index (κ2) is 7.21. The molecule has 0 spiro atoms. The van der Waals surface area contributed by atoms with E-state index < -0.39 is 10.2 Å². The smallest absolute Gasteiger partial charge is 0.282 e. The average Bonchev–Trinajstić information content (AvgIpc) is 2.18. The highest BCUT2D eigenvalue weighted by atomic mass is 32.2. The zero-order chi connectivity index (χ0) is 12.8. The van der Waals surface area contributed by atoms with Crippen molar-refractivity contribution < 1.29 is 13.5 Å². The molecule has 16 heavy (non-hydrogen) atoms. The maximum Gasteiger partial charge on any atom is 0.282 e. The second-order valence-corrected chi connectivity index (χ2v) is 5.75. The van der Waals surface area contributed by atoms with Crippen LogP contribution in [0.1, 0.15) is 34.1 Å². The van der Waals surface area contributed by atoms with Gasteiger partial charge in [0.1, 0.15) is 0 Å². The maximum atomic E-state index is 12.2.